The van der Waals surface area contributed by atoms with Gasteiger partial charge >= 0.3 is 5.97 Å². The van der Waals surface area contributed by atoms with Gasteiger partial charge in [0.15, 0.2) is 0 Å². The molecule has 1 aliphatic heterocycles. The van der Waals surface area contributed by atoms with E-state index < -0.39 is 0 Å². The van der Waals surface area contributed by atoms with Crippen LogP contribution in [0.2, 0.25) is 0 Å². The van der Waals surface area contributed by atoms with Crippen molar-refractivity contribution in [3.63, 3.8) is 0 Å². The number of carbonyl (C=O) groups excluding carboxylic acids is 1. The van der Waals surface area contributed by atoms with Crippen molar-refractivity contribution in [1.82, 2.24) is 4.90 Å². The van der Waals surface area contributed by atoms with Gasteiger partial charge in [0, 0.05) is 19.6 Å². The van der Waals surface area contributed by atoms with E-state index in [0.717, 1.165) is 32.5 Å². The summed E-state index contributed by atoms with van der Waals surface area (Å²) in [5.74, 6) is 0.389. The van der Waals surface area contributed by atoms with Gasteiger partial charge in [-0.3, -0.25) is 9.69 Å². The normalized spacial score (nSPS) is 28.3. The van der Waals surface area contributed by atoms with Gasteiger partial charge < -0.3 is 4.74 Å². The summed E-state index contributed by atoms with van der Waals surface area (Å²) in [6.07, 6.45) is 6.18. The molecule has 1 aliphatic carbocycles. The molecule has 3 heteroatoms. The topological polar surface area (TPSA) is 29.5 Å². The third-order valence-corrected chi connectivity index (χ3v) is 4.77. The minimum absolute atomic E-state index is 0.00471. The minimum Gasteiger partial charge on any atom is -0.466 e. The Hall–Kier alpha value is -1.61. The van der Waals surface area contributed by atoms with Gasteiger partial charge in [-0.25, -0.2) is 0 Å². The molecule has 0 N–H and O–H groups in total. The van der Waals surface area contributed by atoms with Crippen LogP contribution in [0.5, 0.6) is 0 Å². The highest BCUT2D eigenvalue weighted by Gasteiger charge is 2.52. The molecule has 1 saturated heterocycles. The molecule has 0 radical (unpaired) electrons. The number of rotatable bonds is 4. The van der Waals surface area contributed by atoms with Crippen LogP contribution in [0.15, 0.2) is 42.5 Å². The fourth-order valence-corrected chi connectivity index (χ4v) is 3.72. The van der Waals surface area contributed by atoms with Crippen molar-refractivity contribution < 1.29 is 9.53 Å². The lowest BCUT2D eigenvalue weighted by molar-refractivity contribution is -0.157. The Labute approximate surface area is 126 Å². The molecule has 1 aromatic carbocycles. The van der Waals surface area contributed by atoms with E-state index in [0.29, 0.717) is 12.5 Å². The molecule has 2 unspecified atom stereocenters. The maximum Gasteiger partial charge on any atom is 0.314 e. The first-order valence-corrected chi connectivity index (χ1v) is 7.83. The van der Waals surface area contributed by atoms with E-state index in [1.807, 2.05) is 13.0 Å². The Kier molecular flexibility index (Phi) is 4.11. The number of carbonyl (C=O) groups is 1. The van der Waals surface area contributed by atoms with E-state index in [-0.39, 0.29) is 11.4 Å². The van der Waals surface area contributed by atoms with Gasteiger partial charge in [-0.05, 0) is 31.2 Å². The second-order valence-corrected chi connectivity index (χ2v) is 6.14. The van der Waals surface area contributed by atoms with Crippen LogP contribution >= 0.6 is 0 Å². The number of likely N-dealkylation sites (tertiary alicyclic amines) is 1. The van der Waals surface area contributed by atoms with E-state index in [2.05, 4.69) is 41.3 Å². The predicted octanol–water partition coefficient (Wildman–Crippen LogP) is 3.02. The average Bonchev–Trinajstić information content (AvgIpc) is 2.87. The largest absolute Gasteiger partial charge is 0.466 e. The summed E-state index contributed by atoms with van der Waals surface area (Å²) in [7, 11) is 0. The predicted molar refractivity (Wildman–Crippen MR) is 82.6 cm³/mol. The van der Waals surface area contributed by atoms with Crippen LogP contribution in [0, 0.1) is 11.3 Å². The SMILES string of the molecule is CCOC(=O)C12CC=CCC1CN(Cc1ccccc1)C2. The Morgan fingerprint density at radius 3 is 2.90 bits per heavy atom. The average molecular weight is 285 g/mol. The van der Waals surface area contributed by atoms with Crippen LogP contribution in [-0.4, -0.2) is 30.6 Å². The summed E-state index contributed by atoms with van der Waals surface area (Å²) in [6.45, 7) is 5.07. The Bertz CT molecular complexity index is 525. The maximum atomic E-state index is 12.5. The fourth-order valence-electron chi connectivity index (χ4n) is 3.72. The molecular weight excluding hydrogens is 262 g/mol. The van der Waals surface area contributed by atoms with Crippen LogP contribution in [-0.2, 0) is 16.1 Å². The number of benzene rings is 1. The number of ether oxygens (including phenoxy) is 1. The molecule has 1 heterocycles. The molecule has 0 saturated carbocycles. The Morgan fingerprint density at radius 2 is 2.14 bits per heavy atom. The first-order chi connectivity index (χ1) is 10.2. The number of allylic oxidation sites excluding steroid dienone is 2. The highest BCUT2D eigenvalue weighted by molar-refractivity contribution is 5.78. The lowest BCUT2D eigenvalue weighted by Crippen LogP contribution is -2.41. The number of esters is 1. The lowest BCUT2D eigenvalue weighted by Gasteiger charge is -2.33. The summed E-state index contributed by atoms with van der Waals surface area (Å²) in [5.41, 5.74) is 0.989. The van der Waals surface area contributed by atoms with E-state index in [4.69, 9.17) is 4.74 Å². The molecule has 3 rings (SSSR count). The van der Waals surface area contributed by atoms with E-state index >= 15 is 0 Å². The van der Waals surface area contributed by atoms with Gasteiger partial charge in [-0.2, -0.15) is 0 Å². The van der Waals surface area contributed by atoms with E-state index in [9.17, 15) is 4.79 Å². The minimum atomic E-state index is -0.320. The number of nitrogens with zero attached hydrogens (tertiary/aromatic N) is 1. The number of hydrogen-bond acceptors (Lipinski definition) is 3. The number of hydrogen-bond donors (Lipinski definition) is 0. The molecule has 0 aromatic heterocycles. The monoisotopic (exact) mass is 285 g/mol. The summed E-state index contributed by atoms with van der Waals surface area (Å²) < 4.78 is 5.39. The van der Waals surface area contributed by atoms with Crippen LogP contribution < -0.4 is 0 Å². The zero-order valence-electron chi connectivity index (χ0n) is 12.6. The van der Waals surface area contributed by atoms with Gasteiger partial charge in [0.2, 0.25) is 0 Å². The van der Waals surface area contributed by atoms with Gasteiger partial charge in [-0.1, -0.05) is 42.5 Å². The van der Waals surface area contributed by atoms with Crippen molar-refractivity contribution in [2.75, 3.05) is 19.7 Å². The molecule has 0 bridgehead atoms. The van der Waals surface area contributed by atoms with Crippen LogP contribution in [0.4, 0.5) is 0 Å². The van der Waals surface area contributed by atoms with Gasteiger partial charge in [0.05, 0.1) is 12.0 Å². The van der Waals surface area contributed by atoms with Crippen molar-refractivity contribution in [1.29, 1.82) is 0 Å². The molecule has 0 amide bonds. The van der Waals surface area contributed by atoms with Crippen molar-refractivity contribution in [2.24, 2.45) is 11.3 Å². The summed E-state index contributed by atoms with van der Waals surface area (Å²) >= 11 is 0. The van der Waals surface area contributed by atoms with Crippen molar-refractivity contribution in [3.8, 4) is 0 Å². The highest BCUT2D eigenvalue weighted by Crippen LogP contribution is 2.45. The van der Waals surface area contributed by atoms with Crippen LogP contribution in [0.1, 0.15) is 25.3 Å². The van der Waals surface area contributed by atoms with Crippen LogP contribution in [0.25, 0.3) is 0 Å². The second-order valence-electron chi connectivity index (χ2n) is 6.14. The second kappa shape index (κ2) is 6.02. The summed E-state index contributed by atoms with van der Waals surface area (Å²) in [6, 6.07) is 10.5. The highest BCUT2D eigenvalue weighted by atomic mass is 16.5. The molecule has 3 nitrogen and oxygen atoms in total. The third kappa shape index (κ3) is 2.75. The van der Waals surface area contributed by atoms with E-state index in [1.54, 1.807) is 0 Å². The standard InChI is InChI=1S/C18H23NO2/c1-2-21-17(20)18-11-7-6-10-16(18)13-19(14-18)12-15-8-4-3-5-9-15/h3-9,16H,2,10-14H2,1H3. The molecular formula is C18H23NO2. The van der Waals surface area contributed by atoms with Crippen molar-refractivity contribution in [2.45, 2.75) is 26.3 Å². The molecule has 1 aromatic rings. The van der Waals surface area contributed by atoms with Crippen molar-refractivity contribution in [3.05, 3.63) is 48.0 Å². The molecule has 1 fully saturated rings. The Morgan fingerprint density at radius 1 is 1.33 bits per heavy atom. The number of fused-ring (bicyclic) bond motifs is 1. The van der Waals surface area contributed by atoms with Gasteiger partial charge in [-0.15, -0.1) is 0 Å². The Balaban J connectivity index is 1.76. The third-order valence-electron chi connectivity index (χ3n) is 4.77. The van der Waals surface area contributed by atoms with E-state index in [1.165, 1.54) is 5.56 Å². The first-order valence-electron chi connectivity index (χ1n) is 7.83. The molecule has 21 heavy (non-hydrogen) atoms. The summed E-state index contributed by atoms with van der Waals surface area (Å²) in [5, 5.41) is 0. The maximum absolute atomic E-state index is 12.5. The summed E-state index contributed by atoms with van der Waals surface area (Å²) in [4.78, 5) is 14.9. The molecule has 112 valence electrons. The molecule has 0 spiro atoms. The van der Waals surface area contributed by atoms with Gasteiger partial charge in [0.25, 0.3) is 0 Å². The molecule has 2 atom stereocenters. The zero-order chi connectivity index (χ0) is 14.7. The zero-order valence-corrected chi connectivity index (χ0v) is 12.6. The van der Waals surface area contributed by atoms with Crippen LogP contribution in [0.3, 0.4) is 0 Å². The first kappa shape index (κ1) is 14.3. The van der Waals surface area contributed by atoms with Gasteiger partial charge in [0.1, 0.15) is 0 Å². The lowest BCUT2D eigenvalue weighted by atomic mass is 9.71. The smallest absolute Gasteiger partial charge is 0.314 e. The fraction of sp³-hybridized carbons (Fsp3) is 0.500. The quantitative estimate of drug-likeness (QED) is 0.629. The van der Waals surface area contributed by atoms with Crippen molar-refractivity contribution >= 4 is 5.97 Å². The molecule has 2 aliphatic rings.